The first kappa shape index (κ1) is 17.0. The lowest BCUT2D eigenvalue weighted by Gasteiger charge is -2.14. The van der Waals surface area contributed by atoms with Crippen LogP contribution in [-0.2, 0) is 6.54 Å². The molecule has 0 saturated carbocycles. The molecule has 0 saturated heterocycles. The highest BCUT2D eigenvalue weighted by atomic mass is 35.5. The van der Waals surface area contributed by atoms with Crippen molar-refractivity contribution in [2.24, 2.45) is 0 Å². The van der Waals surface area contributed by atoms with E-state index in [0.29, 0.717) is 22.9 Å². The highest BCUT2D eigenvalue weighted by Crippen LogP contribution is 2.27. The van der Waals surface area contributed by atoms with Crippen molar-refractivity contribution in [3.63, 3.8) is 0 Å². The van der Waals surface area contributed by atoms with Gasteiger partial charge >= 0.3 is 0 Å². The number of amides is 1. The van der Waals surface area contributed by atoms with Gasteiger partial charge in [-0.25, -0.2) is 4.39 Å². The molecule has 0 aliphatic heterocycles. The number of halogens is 2. The van der Waals surface area contributed by atoms with E-state index in [-0.39, 0.29) is 5.56 Å². The third-order valence-corrected chi connectivity index (χ3v) is 3.91. The van der Waals surface area contributed by atoms with Crippen LogP contribution in [0.3, 0.4) is 0 Å². The Morgan fingerprint density at radius 3 is 2.40 bits per heavy atom. The van der Waals surface area contributed by atoms with Gasteiger partial charge in [0.25, 0.3) is 5.91 Å². The maximum atomic E-state index is 13.8. The Kier molecular flexibility index (Phi) is 5.31. The molecule has 0 aliphatic rings. The van der Waals surface area contributed by atoms with Gasteiger partial charge in [0.05, 0.1) is 16.9 Å². The first-order valence-corrected chi connectivity index (χ1v) is 8.14. The third-order valence-electron chi connectivity index (χ3n) is 3.67. The predicted molar refractivity (Wildman–Crippen MR) is 99.6 cm³/mol. The number of carbonyl (C=O) groups is 1. The van der Waals surface area contributed by atoms with Crippen LogP contribution >= 0.6 is 11.6 Å². The zero-order valence-corrected chi connectivity index (χ0v) is 14.1. The molecule has 0 radical (unpaired) electrons. The van der Waals surface area contributed by atoms with E-state index in [0.717, 1.165) is 5.56 Å². The summed E-state index contributed by atoms with van der Waals surface area (Å²) in [4.78, 5) is 12.4. The van der Waals surface area contributed by atoms with Crippen molar-refractivity contribution in [2.75, 3.05) is 10.6 Å². The van der Waals surface area contributed by atoms with Crippen LogP contribution in [0.15, 0.2) is 72.8 Å². The Bertz CT molecular complexity index is 884. The van der Waals surface area contributed by atoms with Gasteiger partial charge in [0.1, 0.15) is 5.82 Å². The smallest absolute Gasteiger partial charge is 0.258 e. The van der Waals surface area contributed by atoms with Gasteiger partial charge in [0.2, 0.25) is 0 Å². The van der Waals surface area contributed by atoms with Crippen LogP contribution in [0, 0.1) is 5.82 Å². The van der Waals surface area contributed by atoms with Gasteiger partial charge in [-0.05, 0) is 35.9 Å². The van der Waals surface area contributed by atoms with Gasteiger partial charge in [0, 0.05) is 11.6 Å². The lowest BCUT2D eigenvalue weighted by atomic mass is 10.1. The zero-order chi connectivity index (χ0) is 17.6. The van der Waals surface area contributed by atoms with Crippen LogP contribution in [0.4, 0.5) is 15.8 Å². The topological polar surface area (TPSA) is 41.1 Å². The molecule has 0 heterocycles. The van der Waals surface area contributed by atoms with E-state index < -0.39 is 11.7 Å². The summed E-state index contributed by atoms with van der Waals surface area (Å²) in [5.41, 5.74) is 2.29. The molecule has 126 valence electrons. The average Bonchev–Trinajstić information content (AvgIpc) is 2.62. The minimum Gasteiger partial charge on any atom is -0.379 e. The summed E-state index contributed by atoms with van der Waals surface area (Å²) in [5, 5.41) is 6.46. The molecule has 0 bridgehead atoms. The van der Waals surface area contributed by atoms with Crippen molar-refractivity contribution in [3.05, 3.63) is 94.8 Å². The predicted octanol–water partition coefficient (Wildman–Crippen LogP) is 5.34. The van der Waals surface area contributed by atoms with Crippen LogP contribution in [0.2, 0.25) is 5.02 Å². The molecule has 5 heteroatoms. The SMILES string of the molecule is O=C(Nc1cc(Cl)ccc1NCc1ccccc1)c1ccccc1F. The third kappa shape index (κ3) is 4.37. The molecule has 0 atom stereocenters. The molecule has 2 N–H and O–H groups in total. The number of hydrogen-bond donors (Lipinski definition) is 2. The first-order chi connectivity index (χ1) is 12.1. The molecule has 0 aliphatic carbocycles. The van der Waals surface area contributed by atoms with E-state index in [9.17, 15) is 9.18 Å². The van der Waals surface area contributed by atoms with Crippen LogP contribution in [0.25, 0.3) is 0 Å². The van der Waals surface area contributed by atoms with Crippen LogP contribution in [0.1, 0.15) is 15.9 Å². The number of rotatable bonds is 5. The van der Waals surface area contributed by atoms with Crippen molar-refractivity contribution < 1.29 is 9.18 Å². The largest absolute Gasteiger partial charge is 0.379 e. The van der Waals surface area contributed by atoms with Gasteiger partial charge in [-0.3, -0.25) is 4.79 Å². The second-order valence-electron chi connectivity index (χ2n) is 5.46. The van der Waals surface area contributed by atoms with Gasteiger partial charge in [-0.1, -0.05) is 54.1 Å². The quantitative estimate of drug-likeness (QED) is 0.649. The van der Waals surface area contributed by atoms with E-state index in [1.54, 1.807) is 30.3 Å². The lowest BCUT2D eigenvalue weighted by molar-refractivity contribution is 0.102. The number of anilines is 2. The second-order valence-corrected chi connectivity index (χ2v) is 5.90. The molecule has 3 nitrogen and oxygen atoms in total. The normalized spacial score (nSPS) is 10.3. The van der Waals surface area contributed by atoms with E-state index >= 15 is 0 Å². The molecule has 25 heavy (non-hydrogen) atoms. The van der Waals surface area contributed by atoms with Crippen molar-refractivity contribution in [1.82, 2.24) is 0 Å². The van der Waals surface area contributed by atoms with Crippen LogP contribution in [-0.4, -0.2) is 5.91 Å². The number of nitrogens with one attached hydrogen (secondary N) is 2. The highest BCUT2D eigenvalue weighted by molar-refractivity contribution is 6.31. The van der Waals surface area contributed by atoms with Crippen LogP contribution < -0.4 is 10.6 Å². The fourth-order valence-electron chi connectivity index (χ4n) is 2.40. The number of benzene rings is 3. The molecule has 0 fully saturated rings. The molecule has 3 aromatic carbocycles. The summed E-state index contributed by atoms with van der Waals surface area (Å²) in [6, 6.07) is 20.9. The number of hydrogen-bond acceptors (Lipinski definition) is 2. The molecular formula is C20H16ClFN2O. The summed E-state index contributed by atoms with van der Waals surface area (Å²) < 4.78 is 13.8. The maximum Gasteiger partial charge on any atom is 0.258 e. The van der Waals surface area contributed by atoms with Crippen molar-refractivity contribution >= 4 is 28.9 Å². The minimum atomic E-state index is -0.569. The van der Waals surface area contributed by atoms with Crippen LogP contribution in [0.5, 0.6) is 0 Å². The van der Waals surface area contributed by atoms with Crippen molar-refractivity contribution in [1.29, 1.82) is 0 Å². The van der Waals surface area contributed by atoms with E-state index in [1.807, 2.05) is 30.3 Å². The fraction of sp³-hybridized carbons (Fsp3) is 0.0500. The summed E-state index contributed by atoms with van der Waals surface area (Å²) in [6.07, 6.45) is 0. The van der Waals surface area contributed by atoms with E-state index in [1.165, 1.54) is 12.1 Å². The van der Waals surface area contributed by atoms with Gasteiger partial charge < -0.3 is 10.6 Å². The first-order valence-electron chi connectivity index (χ1n) is 7.77. The Morgan fingerprint density at radius 2 is 1.64 bits per heavy atom. The summed E-state index contributed by atoms with van der Waals surface area (Å²) >= 11 is 6.04. The lowest BCUT2D eigenvalue weighted by Crippen LogP contribution is -2.15. The molecule has 3 aromatic rings. The molecular weight excluding hydrogens is 339 g/mol. The van der Waals surface area contributed by atoms with E-state index in [4.69, 9.17) is 11.6 Å². The van der Waals surface area contributed by atoms with Crippen molar-refractivity contribution in [3.8, 4) is 0 Å². The number of carbonyl (C=O) groups excluding carboxylic acids is 1. The average molecular weight is 355 g/mol. The standard InChI is InChI=1S/C20H16ClFN2O/c21-15-10-11-18(23-13-14-6-2-1-3-7-14)19(12-15)24-20(25)16-8-4-5-9-17(16)22/h1-12,23H,13H2,(H,24,25). The summed E-state index contributed by atoms with van der Waals surface area (Å²) in [5.74, 6) is -1.09. The second kappa shape index (κ2) is 7.81. The molecule has 1 amide bonds. The minimum absolute atomic E-state index is 0.0171. The Morgan fingerprint density at radius 1 is 0.920 bits per heavy atom. The van der Waals surface area contributed by atoms with Gasteiger partial charge in [-0.2, -0.15) is 0 Å². The Hall–Kier alpha value is -2.85. The zero-order valence-electron chi connectivity index (χ0n) is 13.3. The molecule has 0 spiro atoms. The highest BCUT2D eigenvalue weighted by Gasteiger charge is 2.13. The van der Waals surface area contributed by atoms with Crippen molar-refractivity contribution in [2.45, 2.75) is 6.54 Å². The summed E-state index contributed by atoms with van der Waals surface area (Å²) in [6.45, 7) is 0.588. The van der Waals surface area contributed by atoms with Gasteiger partial charge in [0.15, 0.2) is 0 Å². The molecule has 0 unspecified atom stereocenters. The summed E-state index contributed by atoms with van der Waals surface area (Å²) in [7, 11) is 0. The van der Waals surface area contributed by atoms with E-state index in [2.05, 4.69) is 10.6 Å². The monoisotopic (exact) mass is 354 g/mol. The molecule has 0 aromatic heterocycles. The fourth-order valence-corrected chi connectivity index (χ4v) is 2.57. The molecule has 3 rings (SSSR count). The van der Waals surface area contributed by atoms with Gasteiger partial charge in [-0.15, -0.1) is 0 Å². The maximum absolute atomic E-state index is 13.8. The Labute approximate surface area is 150 Å². The Balaban J connectivity index is 1.79.